The Morgan fingerprint density at radius 3 is 2.52 bits per heavy atom. The van der Waals surface area contributed by atoms with Crippen LogP contribution in [0.5, 0.6) is 0 Å². The topological polar surface area (TPSA) is 68.9 Å². The molecule has 0 spiro atoms. The predicted octanol–water partition coefficient (Wildman–Crippen LogP) is 3.11. The third kappa shape index (κ3) is 3.79. The van der Waals surface area contributed by atoms with Crippen molar-refractivity contribution in [2.45, 2.75) is 53.1 Å². The Morgan fingerprint density at radius 1 is 1.15 bits per heavy atom. The Bertz CT molecular complexity index is 1020. The Kier molecular flexibility index (Phi) is 5.44. The van der Waals surface area contributed by atoms with Crippen LogP contribution in [0.25, 0.3) is 16.5 Å². The Morgan fingerprint density at radius 2 is 1.85 bits per heavy atom. The summed E-state index contributed by atoms with van der Waals surface area (Å²) in [6.07, 6.45) is 2.95. The first-order valence-electron chi connectivity index (χ1n) is 9.32. The summed E-state index contributed by atoms with van der Waals surface area (Å²) >= 11 is 0. The zero-order valence-electron chi connectivity index (χ0n) is 16.3. The molecule has 2 aromatic heterocycles. The molecule has 0 fully saturated rings. The number of benzene rings is 1. The lowest BCUT2D eigenvalue weighted by Gasteiger charge is -2.10. The van der Waals surface area contributed by atoms with E-state index in [0.29, 0.717) is 18.4 Å². The van der Waals surface area contributed by atoms with Crippen LogP contribution < -0.4 is 10.9 Å². The Labute approximate surface area is 158 Å². The van der Waals surface area contributed by atoms with Crippen LogP contribution in [0.1, 0.15) is 38.1 Å². The standard InChI is InChI=1S/C21H26N4O2/c1-14(2)23-19(26)11-8-12-24-15(3)18-13-22-25(17-9-6-5-7-10-17)21(27)20(18)16(24)4/h5-7,9-10,13-14H,8,11-12H2,1-4H3,(H,23,26). The number of carbonyl (C=O) groups excluding carboxylic acids is 1. The average molecular weight is 366 g/mol. The van der Waals surface area contributed by atoms with Crippen LogP contribution in [0.3, 0.4) is 0 Å². The molecule has 0 aliphatic rings. The SMILES string of the molecule is Cc1c2cnn(-c3ccccc3)c(=O)c2c(C)n1CCCC(=O)NC(C)C. The van der Waals surface area contributed by atoms with Gasteiger partial charge in [-0.25, -0.2) is 0 Å². The van der Waals surface area contributed by atoms with Gasteiger partial charge in [0.1, 0.15) is 0 Å². The van der Waals surface area contributed by atoms with Gasteiger partial charge in [-0.05, 0) is 46.2 Å². The van der Waals surface area contributed by atoms with Crippen molar-refractivity contribution in [1.29, 1.82) is 0 Å². The molecule has 1 aromatic carbocycles. The number of rotatable bonds is 6. The number of hydrogen-bond acceptors (Lipinski definition) is 3. The molecule has 0 saturated carbocycles. The molecule has 0 aliphatic carbocycles. The van der Waals surface area contributed by atoms with Gasteiger partial charge >= 0.3 is 0 Å². The summed E-state index contributed by atoms with van der Waals surface area (Å²) in [6, 6.07) is 9.57. The van der Waals surface area contributed by atoms with Crippen LogP contribution in [0.4, 0.5) is 0 Å². The van der Waals surface area contributed by atoms with Crippen molar-refractivity contribution in [3.8, 4) is 5.69 Å². The van der Waals surface area contributed by atoms with E-state index in [2.05, 4.69) is 15.0 Å². The first-order chi connectivity index (χ1) is 12.9. The van der Waals surface area contributed by atoms with E-state index in [1.807, 2.05) is 58.0 Å². The molecular formula is C21H26N4O2. The van der Waals surface area contributed by atoms with Crippen LogP contribution in [0, 0.1) is 13.8 Å². The lowest BCUT2D eigenvalue weighted by Crippen LogP contribution is -2.30. The smallest absolute Gasteiger partial charge is 0.281 e. The number of carbonyl (C=O) groups is 1. The molecular weight excluding hydrogens is 340 g/mol. The number of aromatic nitrogens is 3. The zero-order valence-corrected chi connectivity index (χ0v) is 16.3. The summed E-state index contributed by atoms with van der Waals surface area (Å²) in [4.78, 5) is 24.9. The second kappa shape index (κ2) is 7.78. The van der Waals surface area contributed by atoms with E-state index in [1.165, 1.54) is 4.68 Å². The molecule has 27 heavy (non-hydrogen) atoms. The maximum atomic E-state index is 13.0. The summed E-state index contributed by atoms with van der Waals surface area (Å²) in [5, 5.41) is 8.83. The molecule has 1 amide bonds. The van der Waals surface area contributed by atoms with Crippen molar-refractivity contribution < 1.29 is 4.79 Å². The zero-order chi connectivity index (χ0) is 19.6. The first-order valence-corrected chi connectivity index (χ1v) is 9.32. The van der Waals surface area contributed by atoms with Crippen LogP contribution in [-0.2, 0) is 11.3 Å². The largest absolute Gasteiger partial charge is 0.354 e. The van der Waals surface area contributed by atoms with Gasteiger partial charge in [-0.2, -0.15) is 9.78 Å². The lowest BCUT2D eigenvalue weighted by molar-refractivity contribution is -0.121. The molecule has 3 aromatic rings. The van der Waals surface area contributed by atoms with Crippen molar-refractivity contribution in [3.05, 3.63) is 58.3 Å². The molecule has 0 radical (unpaired) electrons. The fourth-order valence-corrected chi connectivity index (χ4v) is 3.49. The first kappa shape index (κ1) is 18.9. The minimum atomic E-state index is -0.115. The minimum Gasteiger partial charge on any atom is -0.354 e. The summed E-state index contributed by atoms with van der Waals surface area (Å²) in [5.41, 5.74) is 2.57. The van der Waals surface area contributed by atoms with Crippen molar-refractivity contribution in [2.24, 2.45) is 0 Å². The van der Waals surface area contributed by atoms with Crippen molar-refractivity contribution in [3.63, 3.8) is 0 Å². The second-order valence-electron chi connectivity index (χ2n) is 7.13. The number of para-hydroxylation sites is 1. The van der Waals surface area contributed by atoms with Crippen LogP contribution in [0.2, 0.25) is 0 Å². The summed E-state index contributed by atoms with van der Waals surface area (Å²) in [5.74, 6) is 0.0603. The van der Waals surface area contributed by atoms with E-state index in [1.54, 1.807) is 6.20 Å². The van der Waals surface area contributed by atoms with E-state index in [-0.39, 0.29) is 17.5 Å². The number of nitrogens with one attached hydrogen (secondary N) is 1. The van der Waals surface area contributed by atoms with Gasteiger partial charge in [-0.15, -0.1) is 0 Å². The maximum Gasteiger partial charge on any atom is 0.281 e. The maximum absolute atomic E-state index is 13.0. The second-order valence-corrected chi connectivity index (χ2v) is 7.13. The van der Waals surface area contributed by atoms with Gasteiger partial charge in [0.05, 0.1) is 17.3 Å². The van der Waals surface area contributed by atoms with Gasteiger partial charge in [-0.1, -0.05) is 18.2 Å². The summed E-state index contributed by atoms with van der Waals surface area (Å²) in [7, 11) is 0. The van der Waals surface area contributed by atoms with Gasteiger partial charge in [0.2, 0.25) is 5.91 Å². The lowest BCUT2D eigenvalue weighted by atomic mass is 10.2. The number of amides is 1. The summed E-state index contributed by atoms with van der Waals surface area (Å²) in [6.45, 7) is 8.56. The molecule has 6 nitrogen and oxygen atoms in total. The Hall–Kier alpha value is -2.89. The van der Waals surface area contributed by atoms with Gasteiger partial charge in [0.15, 0.2) is 0 Å². The molecule has 1 N–H and O–H groups in total. The minimum absolute atomic E-state index is 0.0603. The molecule has 0 bridgehead atoms. The quantitative estimate of drug-likeness (QED) is 0.729. The molecule has 0 aliphatic heterocycles. The van der Waals surface area contributed by atoms with E-state index >= 15 is 0 Å². The van der Waals surface area contributed by atoms with Crippen molar-refractivity contribution >= 4 is 16.7 Å². The fraction of sp³-hybridized carbons (Fsp3) is 0.381. The fourth-order valence-electron chi connectivity index (χ4n) is 3.49. The molecule has 0 saturated heterocycles. The van der Waals surface area contributed by atoms with E-state index in [0.717, 1.165) is 28.9 Å². The monoisotopic (exact) mass is 366 g/mol. The van der Waals surface area contributed by atoms with Crippen LogP contribution in [-0.4, -0.2) is 26.3 Å². The molecule has 142 valence electrons. The molecule has 0 unspecified atom stereocenters. The van der Waals surface area contributed by atoms with Gasteiger partial charge < -0.3 is 9.88 Å². The highest BCUT2D eigenvalue weighted by Crippen LogP contribution is 2.23. The van der Waals surface area contributed by atoms with E-state index in [4.69, 9.17) is 0 Å². The molecule has 6 heteroatoms. The highest BCUT2D eigenvalue weighted by Gasteiger charge is 2.17. The van der Waals surface area contributed by atoms with Crippen molar-refractivity contribution in [1.82, 2.24) is 19.7 Å². The molecule has 2 heterocycles. The number of nitrogens with zero attached hydrogens (tertiary/aromatic N) is 3. The van der Waals surface area contributed by atoms with E-state index < -0.39 is 0 Å². The highest BCUT2D eigenvalue weighted by molar-refractivity contribution is 5.87. The average Bonchev–Trinajstić information content (AvgIpc) is 2.87. The third-order valence-corrected chi connectivity index (χ3v) is 4.78. The van der Waals surface area contributed by atoms with Crippen molar-refractivity contribution in [2.75, 3.05) is 0 Å². The van der Waals surface area contributed by atoms with E-state index in [9.17, 15) is 9.59 Å². The van der Waals surface area contributed by atoms with Crippen LogP contribution in [0.15, 0.2) is 41.3 Å². The summed E-state index contributed by atoms with van der Waals surface area (Å²) < 4.78 is 3.56. The predicted molar refractivity (Wildman–Crippen MR) is 107 cm³/mol. The molecule has 0 atom stereocenters. The third-order valence-electron chi connectivity index (χ3n) is 4.78. The van der Waals surface area contributed by atoms with Crippen LogP contribution >= 0.6 is 0 Å². The Balaban J connectivity index is 1.91. The number of hydrogen-bond donors (Lipinski definition) is 1. The van der Waals surface area contributed by atoms with Gasteiger partial charge in [0.25, 0.3) is 5.56 Å². The highest BCUT2D eigenvalue weighted by atomic mass is 16.1. The number of aryl methyl sites for hydroxylation is 2. The van der Waals surface area contributed by atoms with Gasteiger partial charge in [0, 0.05) is 35.8 Å². The normalized spacial score (nSPS) is 11.3. The van der Waals surface area contributed by atoms with Gasteiger partial charge in [-0.3, -0.25) is 9.59 Å². The number of fused-ring (bicyclic) bond motifs is 1. The molecule has 3 rings (SSSR count).